The largest absolute Gasteiger partial charge is 0.366 e. The first-order valence-electron chi connectivity index (χ1n) is 5.95. The standard InChI is InChI=1S/C15H16N2O/c1-2-11-7-9-12(10-8-11)17-14-6-4-3-5-13(14)15(16)18/h3-10,17H,2H2,1H3,(H2,16,18). The number of benzene rings is 2. The Kier molecular flexibility index (Phi) is 3.63. The Morgan fingerprint density at radius 3 is 2.39 bits per heavy atom. The Morgan fingerprint density at radius 1 is 1.11 bits per heavy atom. The molecular weight excluding hydrogens is 224 g/mol. The van der Waals surface area contributed by atoms with Crippen molar-refractivity contribution in [2.24, 2.45) is 5.73 Å². The smallest absolute Gasteiger partial charge is 0.250 e. The summed E-state index contributed by atoms with van der Waals surface area (Å²) in [5.41, 5.74) is 8.79. The lowest BCUT2D eigenvalue weighted by molar-refractivity contribution is 0.100. The Morgan fingerprint density at radius 2 is 1.78 bits per heavy atom. The minimum absolute atomic E-state index is 0.428. The molecule has 2 aromatic rings. The van der Waals surface area contributed by atoms with Gasteiger partial charge in [-0.25, -0.2) is 0 Å². The highest BCUT2D eigenvalue weighted by atomic mass is 16.1. The van der Waals surface area contributed by atoms with Crippen LogP contribution in [0.3, 0.4) is 0 Å². The van der Waals surface area contributed by atoms with Gasteiger partial charge in [0, 0.05) is 5.69 Å². The topological polar surface area (TPSA) is 55.1 Å². The number of para-hydroxylation sites is 1. The third-order valence-corrected chi connectivity index (χ3v) is 2.83. The lowest BCUT2D eigenvalue weighted by Crippen LogP contribution is -2.13. The van der Waals surface area contributed by atoms with Crippen molar-refractivity contribution in [3.8, 4) is 0 Å². The number of hydrogen-bond donors (Lipinski definition) is 2. The molecule has 0 aliphatic carbocycles. The molecule has 0 aromatic heterocycles. The average molecular weight is 240 g/mol. The number of nitrogens with two attached hydrogens (primary N) is 1. The second kappa shape index (κ2) is 5.36. The summed E-state index contributed by atoms with van der Waals surface area (Å²) in [6.45, 7) is 2.12. The zero-order chi connectivity index (χ0) is 13.0. The molecule has 0 aliphatic rings. The summed E-state index contributed by atoms with van der Waals surface area (Å²) >= 11 is 0. The van der Waals surface area contributed by atoms with Crippen molar-refractivity contribution in [3.05, 3.63) is 59.7 Å². The van der Waals surface area contributed by atoms with Gasteiger partial charge in [-0.2, -0.15) is 0 Å². The van der Waals surface area contributed by atoms with Gasteiger partial charge in [0.15, 0.2) is 0 Å². The van der Waals surface area contributed by atoms with Crippen molar-refractivity contribution < 1.29 is 4.79 Å². The van der Waals surface area contributed by atoms with Crippen LogP contribution in [0.15, 0.2) is 48.5 Å². The number of anilines is 2. The summed E-state index contributed by atoms with van der Waals surface area (Å²) in [6.07, 6.45) is 1.01. The maximum Gasteiger partial charge on any atom is 0.250 e. The number of primary amides is 1. The van der Waals surface area contributed by atoms with Gasteiger partial charge >= 0.3 is 0 Å². The van der Waals surface area contributed by atoms with Crippen molar-refractivity contribution in [1.82, 2.24) is 0 Å². The molecule has 18 heavy (non-hydrogen) atoms. The van der Waals surface area contributed by atoms with Crippen LogP contribution in [0.5, 0.6) is 0 Å². The van der Waals surface area contributed by atoms with E-state index in [1.165, 1.54) is 5.56 Å². The molecule has 2 rings (SSSR count). The second-order valence-corrected chi connectivity index (χ2v) is 4.09. The maximum absolute atomic E-state index is 11.3. The molecule has 0 saturated carbocycles. The van der Waals surface area contributed by atoms with Crippen molar-refractivity contribution in [2.45, 2.75) is 13.3 Å². The fraction of sp³-hybridized carbons (Fsp3) is 0.133. The molecule has 0 spiro atoms. The van der Waals surface area contributed by atoms with Crippen LogP contribution in [0, 0.1) is 0 Å². The third kappa shape index (κ3) is 2.69. The van der Waals surface area contributed by atoms with E-state index in [4.69, 9.17) is 5.73 Å². The predicted molar refractivity (Wildman–Crippen MR) is 74.1 cm³/mol. The summed E-state index contributed by atoms with van der Waals surface area (Å²) in [4.78, 5) is 11.3. The van der Waals surface area contributed by atoms with E-state index >= 15 is 0 Å². The number of hydrogen-bond acceptors (Lipinski definition) is 2. The molecule has 2 aromatic carbocycles. The van der Waals surface area contributed by atoms with E-state index in [9.17, 15) is 4.79 Å². The van der Waals surface area contributed by atoms with Gasteiger partial charge < -0.3 is 11.1 Å². The molecule has 0 radical (unpaired) electrons. The molecular formula is C15H16N2O. The predicted octanol–water partition coefficient (Wildman–Crippen LogP) is 3.09. The zero-order valence-electron chi connectivity index (χ0n) is 10.3. The first-order valence-corrected chi connectivity index (χ1v) is 5.95. The molecule has 0 heterocycles. The number of amides is 1. The molecule has 0 saturated heterocycles. The van der Waals surface area contributed by atoms with Crippen LogP contribution in [0.25, 0.3) is 0 Å². The van der Waals surface area contributed by atoms with Crippen LogP contribution in [-0.4, -0.2) is 5.91 Å². The third-order valence-electron chi connectivity index (χ3n) is 2.83. The van der Waals surface area contributed by atoms with Crippen LogP contribution in [0.2, 0.25) is 0 Å². The lowest BCUT2D eigenvalue weighted by Gasteiger charge is -2.10. The van der Waals surface area contributed by atoms with Crippen molar-refractivity contribution in [3.63, 3.8) is 0 Å². The number of rotatable bonds is 4. The van der Waals surface area contributed by atoms with Gasteiger partial charge in [0.05, 0.1) is 11.3 Å². The molecule has 3 N–H and O–H groups in total. The van der Waals surface area contributed by atoms with E-state index in [-0.39, 0.29) is 0 Å². The van der Waals surface area contributed by atoms with Crippen LogP contribution in [0.4, 0.5) is 11.4 Å². The Hall–Kier alpha value is -2.29. The van der Waals surface area contributed by atoms with Crippen LogP contribution < -0.4 is 11.1 Å². The molecule has 3 nitrogen and oxygen atoms in total. The van der Waals surface area contributed by atoms with Gasteiger partial charge in [0.1, 0.15) is 0 Å². The van der Waals surface area contributed by atoms with Crippen molar-refractivity contribution in [2.75, 3.05) is 5.32 Å². The Bertz CT molecular complexity index is 547. The van der Waals surface area contributed by atoms with E-state index in [1.54, 1.807) is 12.1 Å². The van der Waals surface area contributed by atoms with Gasteiger partial charge in [-0.1, -0.05) is 31.2 Å². The SMILES string of the molecule is CCc1ccc(Nc2ccccc2C(N)=O)cc1. The van der Waals surface area contributed by atoms with E-state index < -0.39 is 5.91 Å². The van der Waals surface area contributed by atoms with E-state index in [0.717, 1.165) is 17.8 Å². The molecule has 0 atom stereocenters. The highest BCUT2D eigenvalue weighted by Gasteiger charge is 2.06. The summed E-state index contributed by atoms with van der Waals surface area (Å²) in [5, 5.41) is 3.20. The van der Waals surface area contributed by atoms with Gasteiger partial charge in [-0.15, -0.1) is 0 Å². The Labute approximate surface area is 107 Å². The lowest BCUT2D eigenvalue weighted by atomic mass is 10.1. The quantitative estimate of drug-likeness (QED) is 0.862. The molecule has 0 unspecified atom stereocenters. The van der Waals surface area contributed by atoms with Gasteiger partial charge in [-0.3, -0.25) is 4.79 Å². The summed E-state index contributed by atoms with van der Waals surface area (Å²) in [7, 11) is 0. The number of carbonyl (C=O) groups excluding carboxylic acids is 1. The minimum atomic E-state index is -0.428. The van der Waals surface area contributed by atoms with E-state index in [1.807, 2.05) is 24.3 Å². The maximum atomic E-state index is 11.3. The highest BCUT2D eigenvalue weighted by molar-refractivity contribution is 5.99. The van der Waals surface area contributed by atoms with E-state index in [0.29, 0.717) is 5.56 Å². The minimum Gasteiger partial charge on any atom is -0.366 e. The molecule has 0 aliphatic heterocycles. The van der Waals surface area contributed by atoms with Gasteiger partial charge in [0.2, 0.25) is 0 Å². The molecule has 0 fully saturated rings. The number of aryl methyl sites for hydroxylation is 1. The molecule has 3 heteroatoms. The van der Waals surface area contributed by atoms with Gasteiger partial charge in [0.25, 0.3) is 5.91 Å². The Balaban J connectivity index is 2.25. The summed E-state index contributed by atoms with van der Waals surface area (Å²) < 4.78 is 0. The first-order chi connectivity index (χ1) is 8.70. The van der Waals surface area contributed by atoms with Gasteiger partial charge in [-0.05, 0) is 36.2 Å². The van der Waals surface area contributed by atoms with Crippen molar-refractivity contribution in [1.29, 1.82) is 0 Å². The first kappa shape index (κ1) is 12.2. The fourth-order valence-electron chi connectivity index (χ4n) is 1.79. The van der Waals surface area contributed by atoms with Crippen LogP contribution in [-0.2, 0) is 6.42 Å². The summed E-state index contributed by atoms with van der Waals surface area (Å²) in [6, 6.07) is 15.3. The molecule has 1 amide bonds. The monoisotopic (exact) mass is 240 g/mol. The fourth-order valence-corrected chi connectivity index (χ4v) is 1.79. The molecule has 0 bridgehead atoms. The number of carbonyl (C=O) groups is 1. The van der Waals surface area contributed by atoms with Crippen LogP contribution >= 0.6 is 0 Å². The average Bonchev–Trinajstić information content (AvgIpc) is 2.40. The second-order valence-electron chi connectivity index (χ2n) is 4.09. The molecule has 92 valence electrons. The number of nitrogens with one attached hydrogen (secondary N) is 1. The van der Waals surface area contributed by atoms with E-state index in [2.05, 4.69) is 24.4 Å². The van der Waals surface area contributed by atoms with Crippen molar-refractivity contribution >= 4 is 17.3 Å². The van der Waals surface area contributed by atoms with Crippen LogP contribution in [0.1, 0.15) is 22.8 Å². The zero-order valence-corrected chi connectivity index (χ0v) is 10.3. The normalized spacial score (nSPS) is 10.1. The highest BCUT2D eigenvalue weighted by Crippen LogP contribution is 2.20. The summed E-state index contributed by atoms with van der Waals surface area (Å²) in [5.74, 6) is -0.428.